The first-order chi connectivity index (χ1) is 11.6. The zero-order valence-corrected chi connectivity index (χ0v) is 14.3. The monoisotopic (exact) mass is 335 g/mol. The van der Waals surface area contributed by atoms with Crippen molar-refractivity contribution >= 4 is 11.9 Å². The summed E-state index contributed by atoms with van der Waals surface area (Å²) in [6.07, 6.45) is 0.484. The van der Waals surface area contributed by atoms with Crippen LogP contribution in [0.4, 0.5) is 0 Å². The summed E-state index contributed by atoms with van der Waals surface area (Å²) in [4.78, 5) is 25.7. The summed E-state index contributed by atoms with van der Waals surface area (Å²) in [6, 6.07) is 8.14. The van der Waals surface area contributed by atoms with Crippen LogP contribution in [0, 0.1) is 5.92 Å². The van der Waals surface area contributed by atoms with E-state index in [1.54, 1.807) is 0 Å². The number of methoxy groups -OCH3 is 2. The van der Waals surface area contributed by atoms with Crippen LogP contribution in [-0.4, -0.2) is 57.4 Å². The van der Waals surface area contributed by atoms with Crippen molar-refractivity contribution in [3.8, 4) is 0 Å². The van der Waals surface area contributed by atoms with E-state index in [2.05, 4.69) is 21.8 Å². The minimum absolute atomic E-state index is 0.0265. The molecular formula is C18H25NO5. The summed E-state index contributed by atoms with van der Waals surface area (Å²) in [5.41, 5.74) is 2.23. The highest BCUT2D eigenvalue weighted by molar-refractivity contribution is 5.80. The van der Waals surface area contributed by atoms with E-state index in [-0.39, 0.29) is 6.42 Å². The van der Waals surface area contributed by atoms with E-state index in [0.717, 1.165) is 38.4 Å². The van der Waals surface area contributed by atoms with E-state index >= 15 is 0 Å². The fraction of sp³-hybridized carbons (Fsp3) is 0.556. The predicted octanol–water partition coefficient (Wildman–Crippen LogP) is 1.41. The van der Waals surface area contributed by atoms with Gasteiger partial charge in [-0.2, -0.15) is 0 Å². The third kappa shape index (κ3) is 5.62. The van der Waals surface area contributed by atoms with Gasteiger partial charge in [0.2, 0.25) is 0 Å². The van der Waals surface area contributed by atoms with E-state index in [1.807, 2.05) is 12.1 Å². The summed E-state index contributed by atoms with van der Waals surface area (Å²) in [5.74, 6) is -1.32. The quantitative estimate of drug-likeness (QED) is 0.702. The Kier molecular flexibility index (Phi) is 7.21. The number of carbonyl (C=O) groups is 2. The molecule has 0 aromatic heterocycles. The summed E-state index contributed by atoms with van der Waals surface area (Å²) in [6.45, 7) is 4.36. The van der Waals surface area contributed by atoms with Crippen LogP contribution < -0.4 is 0 Å². The van der Waals surface area contributed by atoms with Crippen LogP contribution in [0.3, 0.4) is 0 Å². The van der Waals surface area contributed by atoms with E-state index in [9.17, 15) is 9.59 Å². The molecule has 0 amide bonds. The Hall–Kier alpha value is -1.92. The van der Waals surface area contributed by atoms with Crippen LogP contribution in [0.2, 0.25) is 0 Å². The lowest BCUT2D eigenvalue weighted by Gasteiger charge is -2.26. The highest BCUT2D eigenvalue weighted by Crippen LogP contribution is 2.17. The number of rotatable bonds is 7. The minimum Gasteiger partial charge on any atom is -0.469 e. The molecule has 0 radical (unpaired) electrons. The Morgan fingerprint density at radius 3 is 2.29 bits per heavy atom. The molecule has 1 atom stereocenters. The molecule has 24 heavy (non-hydrogen) atoms. The van der Waals surface area contributed by atoms with Gasteiger partial charge in [-0.1, -0.05) is 24.3 Å². The average molecular weight is 335 g/mol. The molecule has 2 rings (SSSR count). The SMILES string of the molecule is COC(=O)CC(Cc1ccc(CN2CCOCC2)cc1)C(=O)OC. The summed E-state index contributed by atoms with van der Waals surface area (Å²) in [5, 5.41) is 0. The first-order valence-electron chi connectivity index (χ1n) is 8.15. The third-order valence-corrected chi connectivity index (χ3v) is 4.19. The van der Waals surface area contributed by atoms with Gasteiger partial charge in [0.1, 0.15) is 0 Å². The lowest BCUT2D eigenvalue weighted by Crippen LogP contribution is -2.35. The normalized spacial score (nSPS) is 16.4. The van der Waals surface area contributed by atoms with E-state index < -0.39 is 17.9 Å². The van der Waals surface area contributed by atoms with Gasteiger partial charge in [-0.15, -0.1) is 0 Å². The van der Waals surface area contributed by atoms with Crippen molar-refractivity contribution in [1.82, 2.24) is 4.90 Å². The molecule has 1 aliphatic rings. The Balaban J connectivity index is 1.94. The van der Waals surface area contributed by atoms with Gasteiger partial charge in [0, 0.05) is 19.6 Å². The molecule has 1 aromatic carbocycles. The van der Waals surface area contributed by atoms with Crippen LogP contribution in [0.15, 0.2) is 24.3 Å². The summed E-state index contributed by atoms with van der Waals surface area (Å²) in [7, 11) is 2.65. The molecule has 1 aromatic rings. The van der Waals surface area contributed by atoms with Crippen molar-refractivity contribution < 1.29 is 23.8 Å². The molecule has 0 aliphatic carbocycles. The molecule has 1 saturated heterocycles. The van der Waals surface area contributed by atoms with Crippen LogP contribution in [0.25, 0.3) is 0 Å². The predicted molar refractivity (Wildman–Crippen MR) is 88.4 cm³/mol. The van der Waals surface area contributed by atoms with Crippen molar-refractivity contribution in [1.29, 1.82) is 0 Å². The van der Waals surface area contributed by atoms with Crippen molar-refractivity contribution in [2.24, 2.45) is 5.92 Å². The first-order valence-corrected chi connectivity index (χ1v) is 8.15. The van der Waals surface area contributed by atoms with Crippen LogP contribution in [-0.2, 0) is 36.8 Å². The first kappa shape index (κ1) is 18.4. The largest absolute Gasteiger partial charge is 0.469 e. The zero-order chi connectivity index (χ0) is 17.4. The maximum atomic E-state index is 11.8. The Labute approximate surface area is 142 Å². The standard InChI is InChI=1S/C18H25NO5/c1-22-17(20)12-16(18(21)23-2)11-14-3-5-15(6-4-14)13-19-7-9-24-10-8-19/h3-6,16H,7-13H2,1-2H3. The molecule has 0 spiro atoms. The Morgan fingerprint density at radius 1 is 1.08 bits per heavy atom. The maximum absolute atomic E-state index is 11.8. The number of hydrogen-bond donors (Lipinski definition) is 0. The molecular weight excluding hydrogens is 310 g/mol. The molecule has 6 nitrogen and oxygen atoms in total. The lowest BCUT2D eigenvalue weighted by molar-refractivity contribution is -0.151. The number of esters is 2. The fourth-order valence-electron chi connectivity index (χ4n) is 2.77. The molecule has 0 bridgehead atoms. The number of nitrogens with zero attached hydrogens (tertiary/aromatic N) is 1. The highest BCUT2D eigenvalue weighted by atomic mass is 16.5. The maximum Gasteiger partial charge on any atom is 0.309 e. The molecule has 1 fully saturated rings. The minimum atomic E-state index is -0.521. The summed E-state index contributed by atoms with van der Waals surface area (Å²) >= 11 is 0. The molecule has 1 aliphatic heterocycles. The van der Waals surface area contributed by atoms with Gasteiger partial charge in [-0.25, -0.2) is 0 Å². The van der Waals surface area contributed by atoms with Crippen LogP contribution in [0.5, 0.6) is 0 Å². The topological polar surface area (TPSA) is 65.1 Å². The molecule has 6 heteroatoms. The van der Waals surface area contributed by atoms with Crippen LogP contribution >= 0.6 is 0 Å². The molecule has 132 valence electrons. The third-order valence-electron chi connectivity index (χ3n) is 4.19. The molecule has 1 unspecified atom stereocenters. The lowest BCUT2D eigenvalue weighted by atomic mass is 9.95. The molecule has 1 heterocycles. The van der Waals surface area contributed by atoms with Crippen molar-refractivity contribution in [3.63, 3.8) is 0 Å². The van der Waals surface area contributed by atoms with E-state index in [1.165, 1.54) is 19.8 Å². The number of carbonyl (C=O) groups excluding carboxylic acids is 2. The zero-order valence-electron chi connectivity index (χ0n) is 14.3. The second kappa shape index (κ2) is 9.39. The second-order valence-corrected chi connectivity index (χ2v) is 5.91. The highest BCUT2D eigenvalue weighted by Gasteiger charge is 2.23. The second-order valence-electron chi connectivity index (χ2n) is 5.91. The van der Waals surface area contributed by atoms with Gasteiger partial charge in [-0.05, 0) is 17.5 Å². The van der Waals surface area contributed by atoms with Crippen molar-refractivity contribution in [3.05, 3.63) is 35.4 Å². The Morgan fingerprint density at radius 2 is 1.71 bits per heavy atom. The number of ether oxygens (including phenoxy) is 3. The average Bonchev–Trinajstić information content (AvgIpc) is 2.62. The van der Waals surface area contributed by atoms with Crippen molar-refractivity contribution in [2.75, 3.05) is 40.5 Å². The van der Waals surface area contributed by atoms with Gasteiger partial charge in [-0.3, -0.25) is 14.5 Å². The number of morpholine rings is 1. The van der Waals surface area contributed by atoms with Gasteiger partial charge < -0.3 is 14.2 Å². The van der Waals surface area contributed by atoms with E-state index in [4.69, 9.17) is 9.47 Å². The molecule has 0 saturated carbocycles. The van der Waals surface area contributed by atoms with Gasteiger partial charge >= 0.3 is 11.9 Å². The van der Waals surface area contributed by atoms with E-state index in [0.29, 0.717) is 6.42 Å². The Bertz CT molecular complexity index is 537. The number of hydrogen-bond acceptors (Lipinski definition) is 6. The van der Waals surface area contributed by atoms with Gasteiger partial charge in [0.15, 0.2) is 0 Å². The summed E-state index contributed by atoms with van der Waals surface area (Å²) < 4.78 is 14.8. The van der Waals surface area contributed by atoms with Crippen LogP contribution in [0.1, 0.15) is 17.5 Å². The van der Waals surface area contributed by atoms with Crippen molar-refractivity contribution in [2.45, 2.75) is 19.4 Å². The number of benzene rings is 1. The van der Waals surface area contributed by atoms with Gasteiger partial charge in [0.05, 0.1) is 39.8 Å². The fourth-order valence-corrected chi connectivity index (χ4v) is 2.77. The smallest absolute Gasteiger partial charge is 0.309 e. The molecule has 0 N–H and O–H groups in total. The van der Waals surface area contributed by atoms with Gasteiger partial charge in [0.25, 0.3) is 0 Å².